The molecule has 1 heterocycles. The maximum absolute atomic E-state index is 12.6. The number of carbonyl (C=O) groups excluding carboxylic acids is 1. The Kier molecular flexibility index (Phi) is 5.99. The van der Waals surface area contributed by atoms with Crippen molar-refractivity contribution in [2.75, 3.05) is 20.2 Å². The van der Waals surface area contributed by atoms with E-state index in [2.05, 4.69) is 10.0 Å². The van der Waals surface area contributed by atoms with E-state index in [-0.39, 0.29) is 28.7 Å². The van der Waals surface area contributed by atoms with Gasteiger partial charge < -0.3 is 14.5 Å². The van der Waals surface area contributed by atoms with E-state index in [4.69, 9.17) is 9.15 Å². The Morgan fingerprint density at radius 3 is 2.71 bits per heavy atom. The zero-order chi connectivity index (χ0) is 17.6. The van der Waals surface area contributed by atoms with Crippen molar-refractivity contribution in [1.29, 1.82) is 0 Å². The summed E-state index contributed by atoms with van der Waals surface area (Å²) in [5, 5.41) is 2.47. The molecular weight excluding hydrogens is 332 g/mol. The van der Waals surface area contributed by atoms with E-state index in [1.165, 1.54) is 31.5 Å². The van der Waals surface area contributed by atoms with Gasteiger partial charge in [-0.3, -0.25) is 4.79 Å². The molecule has 0 saturated heterocycles. The molecule has 0 aliphatic rings. The van der Waals surface area contributed by atoms with Gasteiger partial charge in [-0.1, -0.05) is 0 Å². The number of ether oxygens (including phenoxy) is 1. The van der Waals surface area contributed by atoms with Crippen LogP contribution in [0.5, 0.6) is 5.75 Å². The summed E-state index contributed by atoms with van der Waals surface area (Å²) in [4.78, 5) is 11.7. The lowest BCUT2D eigenvalue weighted by molar-refractivity contribution is 0.0963. The van der Waals surface area contributed by atoms with Gasteiger partial charge >= 0.3 is 0 Å². The SMILES string of the molecule is CCOc1ccc(C(=O)NC)cc1S(=O)(=O)NCCc1ccco1. The standard InChI is InChI=1S/C16H20N2O5S/c1-3-22-14-7-6-12(16(19)17-2)11-15(14)24(20,21)18-9-8-13-5-4-10-23-13/h4-7,10-11,18H,3,8-9H2,1-2H3,(H,17,19). The second kappa shape index (κ2) is 7.98. The molecule has 2 aromatic rings. The molecule has 0 atom stereocenters. The smallest absolute Gasteiger partial charge is 0.251 e. The third-order valence-corrected chi connectivity index (χ3v) is 4.75. The average molecular weight is 352 g/mol. The Morgan fingerprint density at radius 2 is 2.08 bits per heavy atom. The Bertz CT molecular complexity index is 785. The number of sulfonamides is 1. The first-order valence-corrected chi connectivity index (χ1v) is 8.97. The number of hydrogen-bond acceptors (Lipinski definition) is 5. The molecule has 2 N–H and O–H groups in total. The largest absolute Gasteiger partial charge is 0.492 e. The van der Waals surface area contributed by atoms with Gasteiger partial charge in [-0.15, -0.1) is 0 Å². The van der Waals surface area contributed by atoms with E-state index in [0.29, 0.717) is 18.8 Å². The van der Waals surface area contributed by atoms with Crippen molar-refractivity contribution in [2.24, 2.45) is 0 Å². The van der Waals surface area contributed by atoms with Crippen molar-refractivity contribution >= 4 is 15.9 Å². The van der Waals surface area contributed by atoms with E-state index in [1.54, 1.807) is 19.1 Å². The van der Waals surface area contributed by atoms with Crippen LogP contribution in [-0.2, 0) is 16.4 Å². The number of amides is 1. The molecule has 8 heteroatoms. The van der Waals surface area contributed by atoms with Gasteiger partial charge in [-0.05, 0) is 37.3 Å². The van der Waals surface area contributed by atoms with Crippen molar-refractivity contribution in [3.8, 4) is 5.75 Å². The molecule has 1 aromatic heterocycles. The number of carbonyl (C=O) groups is 1. The molecule has 0 spiro atoms. The fourth-order valence-corrected chi connectivity index (χ4v) is 3.32. The maximum atomic E-state index is 12.6. The summed E-state index contributed by atoms with van der Waals surface area (Å²) in [7, 11) is -2.35. The van der Waals surface area contributed by atoms with Gasteiger partial charge in [0, 0.05) is 25.6 Å². The predicted molar refractivity (Wildman–Crippen MR) is 88.6 cm³/mol. The van der Waals surface area contributed by atoms with E-state index in [1.807, 2.05) is 0 Å². The van der Waals surface area contributed by atoms with E-state index in [9.17, 15) is 13.2 Å². The summed E-state index contributed by atoms with van der Waals surface area (Å²) in [6.07, 6.45) is 1.95. The number of hydrogen-bond donors (Lipinski definition) is 2. The highest BCUT2D eigenvalue weighted by atomic mass is 32.2. The van der Waals surface area contributed by atoms with Crippen LogP contribution in [0.3, 0.4) is 0 Å². The lowest BCUT2D eigenvalue weighted by atomic mass is 10.2. The van der Waals surface area contributed by atoms with Gasteiger partial charge in [0.05, 0.1) is 12.9 Å². The first kappa shape index (κ1) is 18.0. The highest BCUT2D eigenvalue weighted by Gasteiger charge is 2.21. The predicted octanol–water partition coefficient (Wildman–Crippen LogP) is 1.56. The van der Waals surface area contributed by atoms with Crippen LogP contribution < -0.4 is 14.8 Å². The molecule has 24 heavy (non-hydrogen) atoms. The lowest BCUT2D eigenvalue weighted by Gasteiger charge is -2.13. The van der Waals surface area contributed by atoms with Gasteiger partial charge in [0.1, 0.15) is 16.4 Å². The first-order valence-electron chi connectivity index (χ1n) is 7.49. The molecule has 1 aromatic carbocycles. The summed E-state index contributed by atoms with van der Waals surface area (Å²) in [5.41, 5.74) is 0.243. The van der Waals surface area contributed by atoms with E-state index >= 15 is 0 Å². The van der Waals surface area contributed by atoms with Crippen molar-refractivity contribution in [1.82, 2.24) is 10.0 Å². The summed E-state index contributed by atoms with van der Waals surface area (Å²) in [5.74, 6) is 0.516. The van der Waals surface area contributed by atoms with Crippen LogP contribution in [0.25, 0.3) is 0 Å². The molecule has 0 unspecified atom stereocenters. The van der Waals surface area contributed by atoms with Gasteiger partial charge in [0.2, 0.25) is 10.0 Å². The molecular formula is C16H20N2O5S. The average Bonchev–Trinajstić information content (AvgIpc) is 3.08. The third kappa shape index (κ3) is 4.36. The van der Waals surface area contributed by atoms with Crippen LogP contribution in [-0.4, -0.2) is 34.5 Å². The van der Waals surface area contributed by atoms with Crippen LogP contribution in [0.15, 0.2) is 45.9 Å². The zero-order valence-electron chi connectivity index (χ0n) is 13.5. The quantitative estimate of drug-likeness (QED) is 0.751. The summed E-state index contributed by atoms with van der Waals surface area (Å²) < 4.78 is 38.2. The lowest BCUT2D eigenvalue weighted by Crippen LogP contribution is -2.27. The topological polar surface area (TPSA) is 97.6 Å². The molecule has 7 nitrogen and oxygen atoms in total. The molecule has 0 saturated carbocycles. The Hall–Kier alpha value is -2.32. The first-order chi connectivity index (χ1) is 11.5. The number of nitrogens with one attached hydrogen (secondary N) is 2. The highest BCUT2D eigenvalue weighted by Crippen LogP contribution is 2.25. The monoisotopic (exact) mass is 352 g/mol. The normalized spacial score (nSPS) is 11.2. The number of furan rings is 1. The number of benzene rings is 1. The maximum Gasteiger partial charge on any atom is 0.251 e. The van der Waals surface area contributed by atoms with Crippen LogP contribution >= 0.6 is 0 Å². The highest BCUT2D eigenvalue weighted by molar-refractivity contribution is 7.89. The summed E-state index contributed by atoms with van der Waals surface area (Å²) in [6, 6.07) is 7.82. The molecule has 1 amide bonds. The Morgan fingerprint density at radius 1 is 1.29 bits per heavy atom. The molecule has 0 fully saturated rings. The fraction of sp³-hybridized carbons (Fsp3) is 0.312. The van der Waals surface area contributed by atoms with Crippen molar-refractivity contribution in [3.05, 3.63) is 47.9 Å². The molecule has 0 aliphatic carbocycles. The second-order valence-electron chi connectivity index (χ2n) is 4.90. The van der Waals surface area contributed by atoms with Gasteiger partial charge in [0.25, 0.3) is 5.91 Å². The minimum absolute atomic E-state index is 0.0649. The number of rotatable bonds is 8. The minimum atomic E-state index is -3.83. The molecule has 2 rings (SSSR count). The summed E-state index contributed by atoms with van der Waals surface area (Å²) in [6.45, 7) is 2.24. The van der Waals surface area contributed by atoms with Crippen molar-refractivity contribution in [2.45, 2.75) is 18.2 Å². The van der Waals surface area contributed by atoms with Crippen LogP contribution in [0.4, 0.5) is 0 Å². The van der Waals surface area contributed by atoms with Crippen LogP contribution in [0.2, 0.25) is 0 Å². The van der Waals surface area contributed by atoms with Gasteiger partial charge in [0.15, 0.2) is 0 Å². The van der Waals surface area contributed by atoms with Crippen LogP contribution in [0.1, 0.15) is 23.0 Å². The Labute approximate surface area is 141 Å². The van der Waals surface area contributed by atoms with Gasteiger partial charge in [-0.2, -0.15) is 0 Å². The molecule has 0 radical (unpaired) electrons. The van der Waals surface area contributed by atoms with Crippen molar-refractivity contribution in [3.63, 3.8) is 0 Å². The molecule has 0 aliphatic heterocycles. The molecule has 130 valence electrons. The zero-order valence-corrected chi connectivity index (χ0v) is 14.4. The van der Waals surface area contributed by atoms with Gasteiger partial charge in [-0.25, -0.2) is 13.1 Å². The van der Waals surface area contributed by atoms with E-state index in [0.717, 1.165) is 0 Å². The fourth-order valence-electron chi connectivity index (χ4n) is 2.12. The third-order valence-electron chi connectivity index (χ3n) is 3.27. The minimum Gasteiger partial charge on any atom is -0.492 e. The Balaban J connectivity index is 2.23. The van der Waals surface area contributed by atoms with Crippen molar-refractivity contribution < 1.29 is 22.4 Å². The van der Waals surface area contributed by atoms with Crippen LogP contribution in [0, 0.1) is 0 Å². The van der Waals surface area contributed by atoms with E-state index < -0.39 is 10.0 Å². The molecule has 0 bridgehead atoms. The summed E-state index contributed by atoms with van der Waals surface area (Å²) >= 11 is 0. The second-order valence-corrected chi connectivity index (χ2v) is 6.64.